The lowest BCUT2D eigenvalue weighted by atomic mass is 10.1. The summed E-state index contributed by atoms with van der Waals surface area (Å²) in [6, 6.07) is 12.4. The van der Waals surface area contributed by atoms with Crippen molar-refractivity contribution in [2.24, 2.45) is 0 Å². The predicted octanol–water partition coefficient (Wildman–Crippen LogP) is 1.93. The molecule has 1 saturated heterocycles. The molecule has 1 aliphatic carbocycles. The molecule has 0 amide bonds. The number of nitrogens with one attached hydrogen (secondary N) is 1. The standard InChI is InChI=1S/C16H24N2O/c1-12-9-14(10-18(12)15-7-8-15)17-16(11-19)13-5-3-2-4-6-13/h2-6,12,14-17,19H,7-11H2,1H3/t12?,14?,16-/m0/s1. The van der Waals surface area contributed by atoms with Crippen LogP contribution >= 0.6 is 0 Å². The van der Waals surface area contributed by atoms with Crippen LogP contribution in [0.25, 0.3) is 0 Å². The zero-order chi connectivity index (χ0) is 13.2. The van der Waals surface area contributed by atoms with Crippen molar-refractivity contribution in [1.82, 2.24) is 10.2 Å². The second-order valence-electron chi connectivity index (χ2n) is 6.02. The molecule has 1 aromatic rings. The quantitative estimate of drug-likeness (QED) is 0.849. The zero-order valence-electron chi connectivity index (χ0n) is 11.6. The number of rotatable bonds is 5. The van der Waals surface area contributed by atoms with E-state index in [9.17, 15) is 5.11 Å². The van der Waals surface area contributed by atoms with Crippen LogP contribution < -0.4 is 5.32 Å². The summed E-state index contributed by atoms with van der Waals surface area (Å²) in [6.07, 6.45) is 3.94. The third-order valence-electron chi connectivity index (χ3n) is 4.46. The average Bonchev–Trinajstić information content (AvgIpc) is 3.21. The van der Waals surface area contributed by atoms with Crippen molar-refractivity contribution in [3.8, 4) is 0 Å². The Kier molecular flexibility index (Phi) is 3.87. The van der Waals surface area contributed by atoms with E-state index in [0.29, 0.717) is 12.1 Å². The second-order valence-corrected chi connectivity index (χ2v) is 6.02. The van der Waals surface area contributed by atoms with E-state index < -0.39 is 0 Å². The largest absolute Gasteiger partial charge is 0.394 e. The Balaban J connectivity index is 1.61. The Morgan fingerprint density at radius 1 is 1.32 bits per heavy atom. The summed E-state index contributed by atoms with van der Waals surface area (Å²) in [7, 11) is 0. The van der Waals surface area contributed by atoms with Gasteiger partial charge in [0.1, 0.15) is 0 Å². The molecule has 3 nitrogen and oxygen atoms in total. The summed E-state index contributed by atoms with van der Waals surface area (Å²) >= 11 is 0. The van der Waals surface area contributed by atoms with E-state index >= 15 is 0 Å². The van der Waals surface area contributed by atoms with Crippen molar-refractivity contribution in [3.63, 3.8) is 0 Å². The summed E-state index contributed by atoms with van der Waals surface area (Å²) in [6.45, 7) is 3.63. The lowest BCUT2D eigenvalue weighted by molar-refractivity contribution is 0.227. The number of aliphatic hydroxyl groups excluding tert-OH is 1. The topological polar surface area (TPSA) is 35.5 Å². The SMILES string of the molecule is CC1CC(N[C@@H](CO)c2ccccc2)CN1C1CC1. The first kappa shape index (κ1) is 13.1. The zero-order valence-corrected chi connectivity index (χ0v) is 11.6. The van der Waals surface area contributed by atoms with Crippen LogP contribution in [0.5, 0.6) is 0 Å². The number of aliphatic hydroxyl groups is 1. The first-order valence-electron chi connectivity index (χ1n) is 7.45. The molecule has 1 aliphatic heterocycles. The van der Waals surface area contributed by atoms with Gasteiger partial charge in [0.2, 0.25) is 0 Å². The third-order valence-corrected chi connectivity index (χ3v) is 4.46. The molecule has 1 aromatic carbocycles. The average molecular weight is 260 g/mol. The molecule has 19 heavy (non-hydrogen) atoms. The Bertz CT molecular complexity index is 404. The molecule has 2 N–H and O–H groups in total. The number of hydrogen-bond donors (Lipinski definition) is 2. The number of hydrogen-bond acceptors (Lipinski definition) is 3. The Hall–Kier alpha value is -0.900. The molecule has 2 unspecified atom stereocenters. The molecule has 0 spiro atoms. The summed E-state index contributed by atoms with van der Waals surface area (Å²) in [5.41, 5.74) is 1.18. The molecule has 2 fully saturated rings. The van der Waals surface area contributed by atoms with Crippen molar-refractivity contribution in [2.75, 3.05) is 13.2 Å². The molecule has 3 atom stereocenters. The molecule has 2 aliphatic rings. The van der Waals surface area contributed by atoms with Crippen LogP contribution in [-0.2, 0) is 0 Å². The lowest BCUT2D eigenvalue weighted by Gasteiger charge is -2.22. The molecule has 1 heterocycles. The van der Waals surface area contributed by atoms with Crippen LogP contribution in [0, 0.1) is 0 Å². The molecular weight excluding hydrogens is 236 g/mol. The third kappa shape index (κ3) is 2.99. The van der Waals surface area contributed by atoms with Gasteiger partial charge >= 0.3 is 0 Å². The van der Waals surface area contributed by atoms with Crippen molar-refractivity contribution >= 4 is 0 Å². The fraction of sp³-hybridized carbons (Fsp3) is 0.625. The fourth-order valence-corrected chi connectivity index (χ4v) is 3.32. The first-order chi connectivity index (χ1) is 9.28. The highest BCUT2D eigenvalue weighted by molar-refractivity contribution is 5.19. The van der Waals surface area contributed by atoms with E-state index in [1.807, 2.05) is 18.2 Å². The summed E-state index contributed by atoms with van der Waals surface area (Å²) < 4.78 is 0. The van der Waals surface area contributed by atoms with Crippen molar-refractivity contribution in [1.29, 1.82) is 0 Å². The molecular formula is C16H24N2O. The normalized spacial score (nSPS) is 29.6. The highest BCUT2D eigenvalue weighted by Crippen LogP contribution is 2.33. The summed E-state index contributed by atoms with van der Waals surface area (Å²) in [5.74, 6) is 0. The number of benzene rings is 1. The molecule has 0 aromatic heterocycles. The maximum absolute atomic E-state index is 9.62. The highest BCUT2D eigenvalue weighted by Gasteiger charge is 2.39. The highest BCUT2D eigenvalue weighted by atomic mass is 16.3. The summed E-state index contributed by atoms with van der Waals surface area (Å²) in [4.78, 5) is 2.64. The van der Waals surface area contributed by atoms with E-state index in [1.54, 1.807) is 0 Å². The van der Waals surface area contributed by atoms with Gasteiger partial charge < -0.3 is 10.4 Å². The van der Waals surface area contributed by atoms with Crippen LogP contribution in [0.1, 0.15) is 37.8 Å². The molecule has 0 bridgehead atoms. The molecule has 0 radical (unpaired) electrons. The Morgan fingerprint density at radius 2 is 2.05 bits per heavy atom. The van der Waals surface area contributed by atoms with Crippen LogP contribution in [0.4, 0.5) is 0 Å². The second kappa shape index (κ2) is 5.61. The van der Waals surface area contributed by atoms with Crippen LogP contribution in [0.2, 0.25) is 0 Å². The van der Waals surface area contributed by atoms with E-state index in [2.05, 4.69) is 29.3 Å². The minimum absolute atomic E-state index is 0.0672. The maximum atomic E-state index is 9.62. The van der Waals surface area contributed by atoms with Crippen molar-refractivity contribution < 1.29 is 5.11 Å². The molecule has 104 valence electrons. The number of likely N-dealkylation sites (tertiary alicyclic amines) is 1. The van der Waals surface area contributed by atoms with Crippen molar-refractivity contribution in [3.05, 3.63) is 35.9 Å². The minimum Gasteiger partial charge on any atom is -0.394 e. The molecule has 1 saturated carbocycles. The van der Waals surface area contributed by atoms with Gasteiger partial charge in [0, 0.05) is 24.7 Å². The summed E-state index contributed by atoms with van der Waals surface area (Å²) in [5, 5.41) is 13.3. The number of nitrogens with zero attached hydrogens (tertiary/aromatic N) is 1. The monoisotopic (exact) mass is 260 g/mol. The molecule has 3 heteroatoms. The van der Waals surface area contributed by atoms with Gasteiger partial charge in [0.15, 0.2) is 0 Å². The molecule has 3 rings (SSSR count). The van der Waals surface area contributed by atoms with Crippen LogP contribution in [-0.4, -0.2) is 41.3 Å². The predicted molar refractivity (Wildman–Crippen MR) is 77.0 cm³/mol. The van der Waals surface area contributed by atoms with Gasteiger partial charge in [0.25, 0.3) is 0 Å². The van der Waals surface area contributed by atoms with E-state index in [1.165, 1.54) is 24.8 Å². The lowest BCUT2D eigenvalue weighted by Crippen LogP contribution is -2.37. The fourth-order valence-electron chi connectivity index (χ4n) is 3.32. The van der Waals surface area contributed by atoms with Crippen LogP contribution in [0.15, 0.2) is 30.3 Å². The Morgan fingerprint density at radius 3 is 2.68 bits per heavy atom. The van der Waals surface area contributed by atoms with E-state index in [4.69, 9.17) is 0 Å². The van der Waals surface area contributed by atoms with Gasteiger partial charge in [0.05, 0.1) is 12.6 Å². The minimum atomic E-state index is 0.0672. The van der Waals surface area contributed by atoms with Gasteiger partial charge in [-0.3, -0.25) is 4.90 Å². The van der Waals surface area contributed by atoms with Gasteiger partial charge in [-0.2, -0.15) is 0 Å². The van der Waals surface area contributed by atoms with E-state index in [0.717, 1.165) is 12.6 Å². The first-order valence-corrected chi connectivity index (χ1v) is 7.45. The van der Waals surface area contributed by atoms with Crippen molar-refractivity contribution in [2.45, 2.75) is 50.4 Å². The van der Waals surface area contributed by atoms with Gasteiger partial charge in [-0.1, -0.05) is 30.3 Å². The van der Waals surface area contributed by atoms with Gasteiger partial charge in [-0.25, -0.2) is 0 Å². The van der Waals surface area contributed by atoms with Crippen LogP contribution in [0.3, 0.4) is 0 Å². The van der Waals surface area contributed by atoms with Gasteiger partial charge in [-0.05, 0) is 31.7 Å². The van der Waals surface area contributed by atoms with E-state index in [-0.39, 0.29) is 12.6 Å². The smallest absolute Gasteiger partial charge is 0.0626 e. The maximum Gasteiger partial charge on any atom is 0.0626 e. The Labute approximate surface area is 115 Å². The van der Waals surface area contributed by atoms with Gasteiger partial charge in [-0.15, -0.1) is 0 Å².